The van der Waals surface area contributed by atoms with Crippen LogP contribution in [-0.2, 0) is 0 Å². The maximum atomic E-state index is 13.3. The Kier molecular flexibility index (Phi) is 3.48. The molecule has 1 aromatic carbocycles. The van der Waals surface area contributed by atoms with Crippen LogP contribution in [-0.4, -0.2) is 7.05 Å². The van der Waals surface area contributed by atoms with Crippen LogP contribution in [0.4, 0.5) is 4.39 Å². The molecule has 3 heteroatoms. The second kappa shape index (κ2) is 4.88. The van der Waals surface area contributed by atoms with Crippen LogP contribution in [0.15, 0.2) is 22.6 Å². The van der Waals surface area contributed by atoms with Gasteiger partial charge in [-0.2, -0.15) is 0 Å². The lowest BCUT2D eigenvalue weighted by Crippen LogP contribution is -2.15. The van der Waals surface area contributed by atoms with Gasteiger partial charge in [-0.15, -0.1) is 0 Å². The van der Waals surface area contributed by atoms with Crippen molar-refractivity contribution in [3.05, 3.63) is 35.3 Å². The number of furan rings is 1. The van der Waals surface area contributed by atoms with Crippen molar-refractivity contribution >= 4 is 11.0 Å². The lowest BCUT2D eigenvalue weighted by Gasteiger charge is -2.11. The summed E-state index contributed by atoms with van der Waals surface area (Å²) in [7, 11) is 1.92. The molecule has 2 aromatic rings. The zero-order valence-corrected chi connectivity index (χ0v) is 10.5. The molecule has 0 aliphatic rings. The first-order valence-corrected chi connectivity index (χ1v) is 6.02. The van der Waals surface area contributed by atoms with Crippen molar-refractivity contribution in [3.63, 3.8) is 0 Å². The predicted molar refractivity (Wildman–Crippen MR) is 67.6 cm³/mol. The Morgan fingerprint density at radius 1 is 1.35 bits per heavy atom. The number of rotatable bonds is 4. The van der Waals surface area contributed by atoms with Crippen molar-refractivity contribution in [1.82, 2.24) is 5.32 Å². The molecule has 2 rings (SSSR count). The summed E-state index contributed by atoms with van der Waals surface area (Å²) in [5, 5.41) is 4.07. The van der Waals surface area contributed by atoms with E-state index < -0.39 is 0 Å². The largest absolute Gasteiger partial charge is 0.459 e. The van der Waals surface area contributed by atoms with E-state index in [1.165, 1.54) is 12.1 Å². The number of fused-ring (bicyclic) bond motifs is 1. The molecule has 0 radical (unpaired) electrons. The quantitative estimate of drug-likeness (QED) is 0.868. The molecule has 1 heterocycles. The van der Waals surface area contributed by atoms with E-state index >= 15 is 0 Å². The van der Waals surface area contributed by atoms with Gasteiger partial charge in [-0.05, 0) is 44.2 Å². The number of hydrogen-bond acceptors (Lipinski definition) is 2. The second-order valence-electron chi connectivity index (χ2n) is 4.42. The Morgan fingerprint density at radius 3 is 2.76 bits per heavy atom. The monoisotopic (exact) mass is 235 g/mol. The van der Waals surface area contributed by atoms with Gasteiger partial charge in [0.05, 0.1) is 6.04 Å². The molecule has 0 fully saturated rings. The average molecular weight is 235 g/mol. The molecule has 1 atom stereocenters. The fourth-order valence-electron chi connectivity index (χ4n) is 2.19. The van der Waals surface area contributed by atoms with Gasteiger partial charge in [0.25, 0.3) is 0 Å². The van der Waals surface area contributed by atoms with Crippen LogP contribution < -0.4 is 5.32 Å². The lowest BCUT2D eigenvalue weighted by molar-refractivity contribution is 0.429. The first kappa shape index (κ1) is 12.1. The number of hydrogen-bond donors (Lipinski definition) is 1. The summed E-state index contributed by atoms with van der Waals surface area (Å²) in [6, 6.07) is 5.16. The molecule has 1 unspecified atom stereocenters. The standard InChI is InChI=1S/C14H18FNO/c1-4-5-12(16-3)13-8-10-7-11(15)6-9(2)14(10)17-13/h6-8,12,16H,4-5H2,1-3H3. The number of halogens is 1. The van der Waals surface area contributed by atoms with Gasteiger partial charge in [0.1, 0.15) is 17.2 Å². The molecule has 0 bridgehead atoms. The van der Waals surface area contributed by atoms with Gasteiger partial charge in [-0.25, -0.2) is 4.39 Å². The van der Waals surface area contributed by atoms with Gasteiger partial charge in [-0.3, -0.25) is 0 Å². The minimum absolute atomic E-state index is 0.204. The molecule has 0 aliphatic heterocycles. The lowest BCUT2D eigenvalue weighted by atomic mass is 10.1. The van der Waals surface area contributed by atoms with Crippen LogP contribution in [0.5, 0.6) is 0 Å². The molecule has 92 valence electrons. The highest BCUT2D eigenvalue weighted by Crippen LogP contribution is 2.29. The van der Waals surface area contributed by atoms with E-state index in [1.807, 2.05) is 20.0 Å². The van der Waals surface area contributed by atoms with E-state index in [9.17, 15) is 4.39 Å². The van der Waals surface area contributed by atoms with Gasteiger partial charge in [0.15, 0.2) is 0 Å². The number of benzene rings is 1. The summed E-state index contributed by atoms with van der Waals surface area (Å²) in [5.74, 6) is 0.678. The fourth-order valence-corrected chi connectivity index (χ4v) is 2.19. The molecule has 0 aliphatic carbocycles. The normalized spacial score (nSPS) is 13.2. The van der Waals surface area contributed by atoms with E-state index in [4.69, 9.17) is 4.42 Å². The number of nitrogens with one attached hydrogen (secondary N) is 1. The minimum Gasteiger partial charge on any atom is -0.459 e. The van der Waals surface area contributed by atoms with E-state index in [0.717, 1.165) is 35.1 Å². The maximum Gasteiger partial charge on any atom is 0.137 e. The Balaban J connectivity index is 2.46. The van der Waals surface area contributed by atoms with Gasteiger partial charge < -0.3 is 9.73 Å². The van der Waals surface area contributed by atoms with Crippen molar-refractivity contribution < 1.29 is 8.81 Å². The molecular weight excluding hydrogens is 217 g/mol. The predicted octanol–water partition coefficient (Wildman–Crippen LogP) is 3.94. The van der Waals surface area contributed by atoms with E-state index in [2.05, 4.69) is 12.2 Å². The van der Waals surface area contributed by atoms with Crippen molar-refractivity contribution in [2.75, 3.05) is 7.05 Å². The molecule has 0 amide bonds. The topological polar surface area (TPSA) is 25.2 Å². The van der Waals surface area contributed by atoms with E-state index in [0.29, 0.717) is 0 Å². The molecule has 0 spiro atoms. The Hall–Kier alpha value is -1.35. The van der Waals surface area contributed by atoms with Gasteiger partial charge in [0.2, 0.25) is 0 Å². The first-order chi connectivity index (χ1) is 8.15. The van der Waals surface area contributed by atoms with Crippen molar-refractivity contribution in [2.24, 2.45) is 0 Å². The zero-order chi connectivity index (χ0) is 12.4. The van der Waals surface area contributed by atoms with Gasteiger partial charge in [-0.1, -0.05) is 13.3 Å². The summed E-state index contributed by atoms with van der Waals surface area (Å²) in [5.41, 5.74) is 1.63. The minimum atomic E-state index is -0.209. The highest BCUT2D eigenvalue weighted by molar-refractivity contribution is 5.81. The van der Waals surface area contributed by atoms with Crippen LogP contribution >= 0.6 is 0 Å². The second-order valence-corrected chi connectivity index (χ2v) is 4.42. The van der Waals surface area contributed by atoms with Crippen LogP contribution in [0.3, 0.4) is 0 Å². The third kappa shape index (κ3) is 2.34. The highest BCUT2D eigenvalue weighted by Gasteiger charge is 2.15. The molecule has 17 heavy (non-hydrogen) atoms. The van der Waals surface area contributed by atoms with Crippen LogP contribution in [0.1, 0.15) is 37.1 Å². The molecule has 1 aromatic heterocycles. The summed E-state index contributed by atoms with van der Waals surface area (Å²) < 4.78 is 19.1. The SMILES string of the molecule is CCCC(NC)c1cc2cc(F)cc(C)c2o1. The third-order valence-electron chi connectivity index (χ3n) is 3.06. The summed E-state index contributed by atoms with van der Waals surface area (Å²) in [6.45, 7) is 4.00. The van der Waals surface area contributed by atoms with Crippen LogP contribution in [0, 0.1) is 12.7 Å². The molecule has 0 saturated heterocycles. The third-order valence-corrected chi connectivity index (χ3v) is 3.06. The molecule has 2 nitrogen and oxygen atoms in total. The average Bonchev–Trinajstić information content (AvgIpc) is 2.69. The van der Waals surface area contributed by atoms with Gasteiger partial charge >= 0.3 is 0 Å². The highest BCUT2D eigenvalue weighted by atomic mass is 19.1. The van der Waals surface area contributed by atoms with Crippen molar-refractivity contribution in [3.8, 4) is 0 Å². The molecular formula is C14H18FNO. The first-order valence-electron chi connectivity index (χ1n) is 6.02. The van der Waals surface area contributed by atoms with E-state index in [1.54, 1.807) is 0 Å². The summed E-state index contributed by atoms with van der Waals surface area (Å²) in [6.07, 6.45) is 2.09. The van der Waals surface area contributed by atoms with Crippen molar-refractivity contribution in [1.29, 1.82) is 0 Å². The zero-order valence-electron chi connectivity index (χ0n) is 10.5. The Bertz CT molecular complexity index is 518. The van der Waals surface area contributed by atoms with Crippen LogP contribution in [0.25, 0.3) is 11.0 Å². The van der Waals surface area contributed by atoms with Crippen molar-refractivity contribution in [2.45, 2.75) is 32.7 Å². The molecule has 0 saturated carbocycles. The molecule has 1 N–H and O–H groups in total. The van der Waals surface area contributed by atoms with Gasteiger partial charge in [0, 0.05) is 5.39 Å². The van der Waals surface area contributed by atoms with E-state index in [-0.39, 0.29) is 11.9 Å². The summed E-state index contributed by atoms with van der Waals surface area (Å²) >= 11 is 0. The summed E-state index contributed by atoms with van der Waals surface area (Å²) in [4.78, 5) is 0. The fraction of sp³-hybridized carbons (Fsp3) is 0.429. The smallest absolute Gasteiger partial charge is 0.137 e. The van der Waals surface area contributed by atoms with Crippen LogP contribution in [0.2, 0.25) is 0 Å². The number of aryl methyl sites for hydroxylation is 1. The Morgan fingerprint density at radius 2 is 2.12 bits per heavy atom. The Labute approximate surface area is 101 Å². The maximum absolute atomic E-state index is 13.3.